The van der Waals surface area contributed by atoms with Gasteiger partial charge in [-0.1, -0.05) is 36.4 Å². The number of rotatable bonds is 9. The number of thiophene rings is 2. The molecule has 1 amide bonds. The van der Waals surface area contributed by atoms with Gasteiger partial charge in [0.2, 0.25) is 5.91 Å². The molecule has 0 bridgehead atoms. The number of likely N-dealkylation sites (tertiary alicyclic amines) is 1. The van der Waals surface area contributed by atoms with Crippen LogP contribution < -0.4 is 11.1 Å². The number of hydrogen-bond donors (Lipinski definition) is 2. The van der Waals surface area contributed by atoms with Gasteiger partial charge in [0, 0.05) is 23.4 Å². The number of fused-ring (bicyclic) bond motifs is 1. The van der Waals surface area contributed by atoms with Crippen LogP contribution in [0.15, 0.2) is 53.2 Å². The van der Waals surface area contributed by atoms with Crippen molar-refractivity contribution < 1.29 is 4.79 Å². The first-order valence-electron chi connectivity index (χ1n) is 11.8. The second kappa shape index (κ2) is 10.6. The van der Waals surface area contributed by atoms with Gasteiger partial charge >= 0.3 is 0 Å². The summed E-state index contributed by atoms with van der Waals surface area (Å²) >= 11 is 3.34. The van der Waals surface area contributed by atoms with Crippen molar-refractivity contribution in [1.29, 1.82) is 0 Å². The Bertz CT molecular complexity index is 1230. The summed E-state index contributed by atoms with van der Waals surface area (Å²) in [5.41, 5.74) is 7.82. The fraction of sp³-hybridized carbons (Fsp3) is 0.346. The summed E-state index contributed by atoms with van der Waals surface area (Å²) in [6.07, 6.45) is 3.94. The molecule has 1 saturated heterocycles. The summed E-state index contributed by atoms with van der Waals surface area (Å²) < 4.78 is 0. The summed E-state index contributed by atoms with van der Waals surface area (Å²) in [4.78, 5) is 25.8. The second-order valence-electron chi connectivity index (χ2n) is 8.72. The number of nitrogens with zero attached hydrogens (tertiary/aromatic N) is 3. The van der Waals surface area contributed by atoms with Crippen LogP contribution in [0.2, 0.25) is 0 Å². The molecule has 6 nitrogen and oxygen atoms in total. The van der Waals surface area contributed by atoms with E-state index in [0.29, 0.717) is 0 Å². The molecule has 1 aromatic carbocycles. The Kier molecular flexibility index (Phi) is 7.18. The molecule has 0 saturated carbocycles. The number of nitrogens with one attached hydrogen (secondary N) is 1. The molecule has 176 valence electrons. The number of unbranched alkanes of at least 4 members (excludes halogenated alkanes) is 1. The Hall–Kier alpha value is -2.81. The fourth-order valence-corrected chi connectivity index (χ4v) is 6.13. The van der Waals surface area contributed by atoms with Gasteiger partial charge in [-0.15, -0.1) is 22.7 Å². The quantitative estimate of drug-likeness (QED) is 0.303. The molecular weight excluding hydrogens is 462 g/mol. The average Bonchev–Trinajstić information content (AvgIpc) is 3.55. The fourth-order valence-electron chi connectivity index (χ4n) is 4.52. The molecule has 0 aliphatic carbocycles. The lowest BCUT2D eigenvalue weighted by atomic mass is 9.96. The first-order chi connectivity index (χ1) is 16.7. The van der Waals surface area contributed by atoms with Gasteiger partial charge in [0.1, 0.15) is 10.6 Å². The molecule has 0 atom stereocenters. The van der Waals surface area contributed by atoms with Gasteiger partial charge < -0.3 is 16.0 Å². The van der Waals surface area contributed by atoms with Gasteiger partial charge in [-0.05, 0) is 62.3 Å². The SMILES string of the molecule is NC(=O)C1CCN(CCCCNc2nc(-c3cccs3)nc3scc(-c4ccccc4)c23)CC1. The van der Waals surface area contributed by atoms with E-state index in [4.69, 9.17) is 15.7 Å². The zero-order valence-electron chi connectivity index (χ0n) is 19.1. The molecule has 1 aliphatic rings. The molecule has 5 rings (SSSR count). The van der Waals surface area contributed by atoms with Crippen LogP contribution in [0.25, 0.3) is 32.0 Å². The smallest absolute Gasteiger partial charge is 0.220 e. The van der Waals surface area contributed by atoms with Crippen LogP contribution in [0.4, 0.5) is 5.82 Å². The highest BCUT2D eigenvalue weighted by molar-refractivity contribution is 7.17. The molecule has 34 heavy (non-hydrogen) atoms. The molecular formula is C26H29N5OS2. The Morgan fingerprint density at radius 1 is 1.06 bits per heavy atom. The van der Waals surface area contributed by atoms with Crippen LogP contribution in [0.5, 0.6) is 0 Å². The molecule has 3 aromatic heterocycles. The molecule has 8 heteroatoms. The zero-order valence-corrected chi connectivity index (χ0v) is 20.7. The Morgan fingerprint density at radius 2 is 1.88 bits per heavy atom. The highest BCUT2D eigenvalue weighted by atomic mass is 32.1. The number of hydrogen-bond acceptors (Lipinski definition) is 7. The van der Waals surface area contributed by atoms with Crippen molar-refractivity contribution >= 4 is 44.6 Å². The van der Waals surface area contributed by atoms with E-state index < -0.39 is 0 Å². The number of amides is 1. The minimum Gasteiger partial charge on any atom is -0.369 e. The Labute approximate surface area is 207 Å². The maximum Gasteiger partial charge on any atom is 0.220 e. The number of benzene rings is 1. The summed E-state index contributed by atoms with van der Waals surface area (Å²) in [7, 11) is 0. The summed E-state index contributed by atoms with van der Waals surface area (Å²) in [5.74, 6) is 1.60. The lowest BCUT2D eigenvalue weighted by Crippen LogP contribution is -2.38. The summed E-state index contributed by atoms with van der Waals surface area (Å²) in [5, 5.41) is 8.98. The molecule has 4 aromatic rings. The van der Waals surface area contributed by atoms with Crippen LogP contribution in [-0.4, -0.2) is 47.0 Å². The second-order valence-corrected chi connectivity index (χ2v) is 10.5. The number of anilines is 1. The van der Waals surface area contributed by atoms with Crippen LogP contribution >= 0.6 is 22.7 Å². The predicted molar refractivity (Wildman–Crippen MR) is 142 cm³/mol. The number of nitrogens with two attached hydrogens (primary N) is 1. The monoisotopic (exact) mass is 491 g/mol. The summed E-state index contributed by atoms with van der Waals surface area (Å²) in [6.45, 7) is 3.85. The van der Waals surface area contributed by atoms with Crippen LogP contribution in [-0.2, 0) is 4.79 Å². The maximum atomic E-state index is 11.4. The molecule has 0 radical (unpaired) electrons. The number of piperidine rings is 1. The van der Waals surface area contributed by atoms with Crippen molar-refractivity contribution in [1.82, 2.24) is 14.9 Å². The maximum absolute atomic E-state index is 11.4. The number of carbonyl (C=O) groups is 1. The van der Waals surface area contributed by atoms with Gasteiger partial charge in [0.05, 0.1) is 10.3 Å². The molecule has 0 spiro atoms. The first kappa shape index (κ1) is 23.0. The standard InChI is InChI=1S/C26H29N5OS2/c27-23(32)19-10-14-31(15-11-19)13-5-4-12-28-25-22-20(18-7-2-1-3-8-18)17-34-26(22)30-24(29-25)21-9-6-16-33-21/h1-3,6-9,16-17,19H,4-5,10-15H2,(H2,27,32)(H,28,29,30). The molecule has 1 aliphatic heterocycles. The van der Waals surface area contributed by atoms with Crippen LogP contribution in [0, 0.1) is 5.92 Å². The molecule has 0 unspecified atom stereocenters. The lowest BCUT2D eigenvalue weighted by Gasteiger charge is -2.30. The van der Waals surface area contributed by atoms with Gasteiger partial charge in [0.15, 0.2) is 5.82 Å². The van der Waals surface area contributed by atoms with Crippen molar-refractivity contribution in [2.45, 2.75) is 25.7 Å². The van der Waals surface area contributed by atoms with Gasteiger partial charge in [-0.2, -0.15) is 0 Å². The van der Waals surface area contributed by atoms with E-state index in [1.807, 2.05) is 12.1 Å². The third-order valence-electron chi connectivity index (χ3n) is 6.44. The lowest BCUT2D eigenvalue weighted by molar-refractivity contribution is -0.123. The van der Waals surface area contributed by atoms with Gasteiger partial charge in [-0.25, -0.2) is 9.97 Å². The van der Waals surface area contributed by atoms with E-state index in [9.17, 15) is 4.79 Å². The van der Waals surface area contributed by atoms with Crippen molar-refractivity contribution in [2.24, 2.45) is 11.7 Å². The molecule has 4 heterocycles. The number of carbonyl (C=O) groups excluding carboxylic acids is 1. The minimum atomic E-state index is -0.148. The highest BCUT2D eigenvalue weighted by Gasteiger charge is 2.22. The molecule has 1 fully saturated rings. The van der Waals surface area contributed by atoms with E-state index in [1.54, 1.807) is 22.7 Å². The number of aromatic nitrogens is 2. The van der Waals surface area contributed by atoms with E-state index in [0.717, 1.165) is 78.6 Å². The van der Waals surface area contributed by atoms with Gasteiger partial charge in [0.25, 0.3) is 0 Å². The van der Waals surface area contributed by atoms with E-state index in [1.165, 1.54) is 11.1 Å². The van der Waals surface area contributed by atoms with Crippen molar-refractivity contribution in [3.05, 3.63) is 53.2 Å². The third-order valence-corrected chi connectivity index (χ3v) is 8.18. The molecule has 3 N–H and O–H groups in total. The highest BCUT2D eigenvalue weighted by Crippen LogP contribution is 2.38. The first-order valence-corrected chi connectivity index (χ1v) is 13.6. The number of primary amides is 1. The predicted octanol–water partition coefficient (Wildman–Crippen LogP) is 5.48. The average molecular weight is 492 g/mol. The van der Waals surface area contributed by atoms with E-state index >= 15 is 0 Å². The normalized spacial score (nSPS) is 15.1. The minimum absolute atomic E-state index is 0.0556. The topological polar surface area (TPSA) is 84.1 Å². The van der Waals surface area contributed by atoms with Crippen molar-refractivity contribution in [3.63, 3.8) is 0 Å². The largest absolute Gasteiger partial charge is 0.369 e. The van der Waals surface area contributed by atoms with Crippen LogP contribution in [0.3, 0.4) is 0 Å². The van der Waals surface area contributed by atoms with Crippen molar-refractivity contribution in [2.75, 3.05) is 31.5 Å². The van der Waals surface area contributed by atoms with E-state index in [2.05, 4.69) is 51.3 Å². The summed E-state index contributed by atoms with van der Waals surface area (Å²) in [6, 6.07) is 14.6. The zero-order chi connectivity index (χ0) is 23.3. The van der Waals surface area contributed by atoms with Crippen LogP contribution in [0.1, 0.15) is 25.7 Å². The Morgan fingerprint density at radius 3 is 2.62 bits per heavy atom. The third kappa shape index (κ3) is 5.14. The van der Waals surface area contributed by atoms with Gasteiger partial charge in [-0.3, -0.25) is 4.79 Å². The van der Waals surface area contributed by atoms with E-state index in [-0.39, 0.29) is 11.8 Å². The Balaban J connectivity index is 1.28. The van der Waals surface area contributed by atoms with Crippen molar-refractivity contribution in [3.8, 4) is 21.8 Å².